The number of nitrogens with two attached hydrogens (primary N) is 1. The molecule has 2 aromatic carbocycles. The van der Waals surface area contributed by atoms with Crippen molar-refractivity contribution in [3.63, 3.8) is 0 Å². The van der Waals surface area contributed by atoms with E-state index in [1.807, 2.05) is 18.2 Å². The highest BCUT2D eigenvalue weighted by molar-refractivity contribution is 5.83. The Balaban J connectivity index is 1.63. The van der Waals surface area contributed by atoms with Gasteiger partial charge < -0.3 is 11.1 Å². The zero-order chi connectivity index (χ0) is 21.4. The van der Waals surface area contributed by atoms with Gasteiger partial charge in [-0.3, -0.25) is 4.57 Å². The molecule has 0 saturated carbocycles. The van der Waals surface area contributed by atoms with Gasteiger partial charge in [0, 0.05) is 30.3 Å². The second-order valence-electron chi connectivity index (χ2n) is 8.16. The summed E-state index contributed by atoms with van der Waals surface area (Å²) in [4.78, 5) is 5.02. The van der Waals surface area contributed by atoms with Crippen LogP contribution in [0.5, 0.6) is 0 Å². The lowest BCUT2D eigenvalue weighted by atomic mass is 10.0. The summed E-state index contributed by atoms with van der Waals surface area (Å²) in [6.45, 7) is 6.45. The number of nitrogens with zero attached hydrogens (tertiary/aromatic N) is 2. The number of allylic oxidation sites excluding steroid dienone is 4. The van der Waals surface area contributed by atoms with Crippen molar-refractivity contribution in [2.24, 2.45) is 0 Å². The van der Waals surface area contributed by atoms with E-state index in [1.165, 1.54) is 11.1 Å². The molecule has 0 radical (unpaired) electrons. The van der Waals surface area contributed by atoms with Crippen LogP contribution >= 0.6 is 0 Å². The predicted octanol–water partition coefficient (Wildman–Crippen LogP) is 3.52. The average Bonchev–Trinajstić information content (AvgIpc) is 3.40. The van der Waals surface area contributed by atoms with Gasteiger partial charge in [-0.1, -0.05) is 72.8 Å². The molecule has 1 aliphatic heterocycles. The first-order valence-electron chi connectivity index (χ1n) is 10.6. The molecule has 4 heteroatoms. The van der Waals surface area contributed by atoms with Crippen molar-refractivity contribution in [2.75, 3.05) is 5.73 Å². The Bertz CT molecular complexity index is 1350. The Morgan fingerprint density at radius 1 is 1.10 bits per heavy atom. The molecule has 3 N–H and O–H groups in total. The van der Waals surface area contributed by atoms with Gasteiger partial charge in [0.1, 0.15) is 0 Å². The third-order valence-corrected chi connectivity index (χ3v) is 6.04. The predicted molar refractivity (Wildman–Crippen MR) is 129 cm³/mol. The third-order valence-electron chi connectivity index (χ3n) is 6.04. The third kappa shape index (κ3) is 3.61. The molecule has 0 saturated heterocycles. The second-order valence-corrected chi connectivity index (χ2v) is 8.16. The Hall–Kier alpha value is -3.79. The van der Waals surface area contributed by atoms with Crippen molar-refractivity contribution in [1.82, 2.24) is 14.9 Å². The van der Waals surface area contributed by atoms with E-state index in [0.29, 0.717) is 0 Å². The molecule has 154 valence electrons. The highest BCUT2D eigenvalue weighted by atomic mass is 15.1. The van der Waals surface area contributed by atoms with Crippen molar-refractivity contribution in [1.29, 1.82) is 0 Å². The van der Waals surface area contributed by atoms with Gasteiger partial charge in [0.2, 0.25) is 0 Å². The van der Waals surface area contributed by atoms with E-state index in [-0.39, 0.29) is 0 Å². The fourth-order valence-corrected chi connectivity index (χ4v) is 4.23. The van der Waals surface area contributed by atoms with Crippen LogP contribution in [0.3, 0.4) is 0 Å². The van der Waals surface area contributed by atoms with Gasteiger partial charge >= 0.3 is 0 Å². The lowest BCUT2D eigenvalue weighted by Gasteiger charge is -2.21. The number of rotatable bonds is 5. The van der Waals surface area contributed by atoms with Crippen LogP contribution in [0.2, 0.25) is 0 Å². The van der Waals surface area contributed by atoms with E-state index in [2.05, 4.69) is 78.1 Å². The highest BCUT2D eigenvalue weighted by Crippen LogP contribution is 2.25. The van der Waals surface area contributed by atoms with E-state index in [0.717, 1.165) is 64.0 Å². The molecule has 4 nitrogen and oxygen atoms in total. The summed E-state index contributed by atoms with van der Waals surface area (Å²) in [5, 5.41) is 4.60. The monoisotopic (exact) mass is 406 g/mol. The van der Waals surface area contributed by atoms with Crippen LogP contribution in [0.4, 0.5) is 5.69 Å². The second kappa shape index (κ2) is 7.80. The Morgan fingerprint density at radius 2 is 1.94 bits per heavy atom. The molecule has 0 amide bonds. The molecule has 0 unspecified atom stereocenters. The van der Waals surface area contributed by atoms with Crippen LogP contribution in [0, 0.1) is 6.92 Å². The van der Waals surface area contributed by atoms with Crippen LogP contribution in [0.15, 0.2) is 72.3 Å². The summed E-state index contributed by atoms with van der Waals surface area (Å²) >= 11 is 0. The average molecular weight is 407 g/mol. The molecule has 31 heavy (non-hydrogen) atoms. The molecule has 0 atom stereocenters. The van der Waals surface area contributed by atoms with Crippen molar-refractivity contribution < 1.29 is 0 Å². The van der Waals surface area contributed by atoms with Gasteiger partial charge in [-0.15, -0.1) is 0 Å². The SMILES string of the molecule is C=c1c(CC2=CC=CC2)nc2n1C=C(c1cccc(N)c1C)NC=2Cc1ccccc1. The minimum Gasteiger partial charge on any atom is -0.398 e. The molecule has 0 bridgehead atoms. The van der Waals surface area contributed by atoms with Crippen LogP contribution in [-0.4, -0.2) is 9.55 Å². The number of hydrogen-bond donors (Lipinski definition) is 2. The number of imidazole rings is 1. The number of nitrogen functional groups attached to an aromatic ring is 1. The normalized spacial score (nSPS) is 14.8. The molecule has 2 aliphatic rings. The molecule has 1 aromatic heterocycles. The van der Waals surface area contributed by atoms with Crippen LogP contribution < -0.4 is 21.9 Å². The molecule has 0 fully saturated rings. The standard InChI is InChI=1S/C27H26N4/c1-18-22(13-8-14-23(18)28)26-17-31-19(2)24(15-20-11-6-7-12-20)30-27(31)25(29-26)16-21-9-4-3-5-10-21/h3-11,13-14,17,29H,2,12,15-16,28H2,1H3. The first-order valence-corrected chi connectivity index (χ1v) is 10.6. The largest absolute Gasteiger partial charge is 0.398 e. The van der Waals surface area contributed by atoms with Crippen LogP contribution in [-0.2, 0) is 12.8 Å². The maximum atomic E-state index is 6.20. The lowest BCUT2D eigenvalue weighted by molar-refractivity contribution is 0.942. The maximum Gasteiger partial charge on any atom is 0.157 e. The molecule has 1 aliphatic carbocycles. The minimum atomic E-state index is 0.764. The number of benzene rings is 2. The van der Waals surface area contributed by atoms with Gasteiger partial charge in [-0.05, 0) is 30.5 Å². The molecular formula is C27H26N4. The van der Waals surface area contributed by atoms with Gasteiger partial charge in [0.25, 0.3) is 0 Å². The first kappa shape index (κ1) is 19.2. The summed E-state index contributed by atoms with van der Waals surface area (Å²) in [7, 11) is 0. The number of nitrogens with one attached hydrogen (secondary N) is 1. The Labute approximate surface area is 182 Å². The number of hydrogen-bond acceptors (Lipinski definition) is 3. The van der Waals surface area contributed by atoms with Gasteiger partial charge in [-0.2, -0.15) is 0 Å². The van der Waals surface area contributed by atoms with Crippen molar-refractivity contribution >= 4 is 29.9 Å². The first-order chi connectivity index (χ1) is 15.1. The van der Waals surface area contributed by atoms with Crippen LogP contribution in [0.1, 0.15) is 28.8 Å². The lowest BCUT2D eigenvalue weighted by Crippen LogP contribution is -2.35. The van der Waals surface area contributed by atoms with E-state index in [1.54, 1.807) is 0 Å². The number of anilines is 1. The van der Waals surface area contributed by atoms with E-state index in [4.69, 9.17) is 10.7 Å². The Morgan fingerprint density at radius 3 is 2.71 bits per heavy atom. The van der Waals surface area contributed by atoms with Gasteiger partial charge in [0.15, 0.2) is 5.48 Å². The van der Waals surface area contributed by atoms with Crippen molar-refractivity contribution in [3.8, 4) is 0 Å². The molecular weight excluding hydrogens is 380 g/mol. The van der Waals surface area contributed by atoms with Gasteiger partial charge in [0.05, 0.1) is 22.4 Å². The fourth-order valence-electron chi connectivity index (χ4n) is 4.23. The van der Waals surface area contributed by atoms with Crippen molar-refractivity contribution in [2.45, 2.75) is 26.2 Å². The molecule has 0 spiro atoms. The van der Waals surface area contributed by atoms with E-state index in [9.17, 15) is 0 Å². The summed E-state index contributed by atoms with van der Waals surface area (Å²) in [6, 6.07) is 16.5. The smallest absolute Gasteiger partial charge is 0.157 e. The zero-order valence-corrected chi connectivity index (χ0v) is 17.7. The minimum absolute atomic E-state index is 0.764. The zero-order valence-electron chi connectivity index (χ0n) is 17.7. The summed E-state index contributed by atoms with van der Waals surface area (Å²) in [5.41, 5.74) is 15.8. The van der Waals surface area contributed by atoms with Crippen LogP contribution in [0.25, 0.3) is 24.2 Å². The molecule has 3 aromatic rings. The topological polar surface area (TPSA) is 55.9 Å². The quantitative estimate of drug-likeness (QED) is 0.638. The van der Waals surface area contributed by atoms with Crippen molar-refractivity contribution in [3.05, 3.63) is 106 Å². The number of fused-ring (bicyclic) bond motifs is 1. The van der Waals surface area contributed by atoms with E-state index < -0.39 is 0 Å². The maximum absolute atomic E-state index is 6.20. The Kier molecular flexibility index (Phi) is 4.83. The molecule has 2 heterocycles. The fraction of sp³-hybridized carbons (Fsp3) is 0.148. The number of aromatic nitrogens is 2. The summed E-state index contributed by atoms with van der Waals surface area (Å²) in [5.74, 6) is 0. The summed E-state index contributed by atoms with van der Waals surface area (Å²) < 4.78 is 2.13. The summed E-state index contributed by atoms with van der Waals surface area (Å²) in [6.07, 6.45) is 11.2. The van der Waals surface area contributed by atoms with E-state index >= 15 is 0 Å². The highest BCUT2D eigenvalue weighted by Gasteiger charge is 2.19. The van der Waals surface area contributed by atoms with Gasteiger partial charge in [-0.25, -0.2) is 4.98 Å². The molecule has 5 rings (SSSR count).